The number of aromatic nitrogens is 2. The van der Waals surface area contributed by atoms with Gasteiger partial charge in [0.15, 0.2) is 0 Å². The van der Waals surface area contributed by atoms with Gasteiger partial charge in [0, 0.05) is 0 Å². The van der Waals surface area contributed by atoms with Crippen molar-refractivity contribution >= 4 is 11.0 Å². The Kier molecular flexibility index (Phi) is 5.01. The molecule has 0 aliphatic carbocycles. The number of imidazole rings is 1. The van der Waals surface area contributed by atoms with E-state index in [4.69, 9.17) is 4.74 Å². The average Bonchev–Trinajstić information content (AvgIpc) is 3.14. The highest BCUT2D eigenvalue weighted by Crippen LogP contribution is 2.30. The van der Waals surface area contributed by atoms with E-state index in [1.54, 1.807) is 0 Å². The number of nitrogens with one attached hydrogen (secondary N) is 1. The third-order valence-corrected chi connectivity index (χ3v) is 4.80. The Morgan fingerprint density at radius 1 is 0.966 bits per heavy atom. The highest BCUT2D eigenvalue weighted by Gasteiger charge is 2.30. The zero-order valence-electron chi connectivity index (χ0n) is 15.8. The van der Waals surface area contributed by atoms with Crippen LogP contribution in [-0.4, -0.2) is 9.97 Å². The van der Waals surface area contributed by atoms with Gasteiger partial charge in [-0.3, -0.25) is 0 Å². The van der Waals surface area contributed by atoms with Crippen molar-refractivity contribution < 1.29 is 17.9 Å². The minimum Gasteiger partial charge on any atom is -0.486 e. The smallest absolute Gasteiger partial charge is 0.416 e. The molecular formula is C23H19F3N2O. The fourth-order valence-corrected chi connectivity index (χ4v) is 3.30. The first-order valence-corrected chi connectivity index (χ1v) is 9.31. The molecule has 0 saturated carbocycles. The molecule has 0 spiro atoms. The number of rotatable bonds is 5. The predicted octanol–water partition coefficient (Wildman–Crippen LogP) is 6.39. The number of halogens is 3. The second-order valence-corrected chi connectivity index (χ2v) is 6.74. The summed E-state index contributed by atoms with van der Waals surface area (Å²) in [5.41, 5.74) is 4.57. The van der Waals surface area contributed by atoms with E-state index in [0.717, 1.165) is 35.2 Å². The Morgan fingerprint density at radius 3 is 2.45 bits per heavy atom. The average molecular weight is 396 g/mol. The van der Waals surface area contributed by atoms with Crippen LogP contribution in [0.15, 0.2) is 66.7 Å². The molecule has 4 rings (SSSR count). The Labute approximate surface area is 166 Å². The minimum absolute atomic E-state index is 0.140. The number of aromatic amines is 1. The zero-order chi connectivity index (χ0) is 20.4. The van der Waals surface area contributed by atoms with Gasteiger partial charge in [0.05, 0.1) is 16.6 Å². The summed E-state index contributed by atoms with van der Waals surface area (Å²) in [4.78, 5) is 7.73. The SMILES string of the molecule is CCc1ccccc1-c1ccc2nc(COc3ccc(C(F)(F)F)cc3)[nH]c2c1. The first-order chi connectivity index (χ1) is 13.9. The van der Waals surface area contributed by atoms with Crippen molar-refractivity contribution in [3.63, 3.8) is 0 Å². The normalized spacial score (nSPS) is 11.7. The maximum absolute atomic E-state index is 12.6. The molecule has 29 heavy (non-hydrogen) atoms. The summed E-state index contributed by atoms with van der Waals surface area (Å²) in [6.07, 6.45) is -3.41. The standard InChI is InChI=1S/C23H19F3N2O/c1-2-15-5-3-4-6-19(15)16-7-12-20-21(13-16)28-22(27-20)14-29-18-10-8-17(9-11-18)23(24,25)26/h3-13H,2,14H2,1H3,(H,27,28). The number of alkyl halides is 3. The molecule has 6 heteroatoms. The lowest BCUT2D eigenvalue weighted by molar-refractivity contribution is -0.137. The maximum atomic E-state index is 12.6. The Hall–Kier alpha value is -3.28. The summed E-state index contributed by atoms with van der Waals surface area (Å²) >= 11 is 0. The van der Waals surface area contributed by atoms with Gasteiger partial charge < -0.3 is 9.72 Å². The van der Waals surface area contributed by atoms with E-state index in [1.165, 1.54) is 23.3 Å². The Balaban J connectivity index is 1.52. The third-order valence-electron chi connectivity index (χ3n) is 4.80. The van der Waals surface area contributed by atoms with E-state index in [2.05, 4.69) is 35.1 Å². The molecule has 0 bridgehead atoms. The van der Waals surface area contributed by atoms with Crippen molar-refractivity contribution in [2.45, 2.75) is 26.1 Å². The molecule has 1 N–H and O–H groups in total. The van der Waals surface area contributed by atoms with Crippen molar-refractivity contribution in [3.05, 3.63) is 83.7 Å². The molecular weight excluding hydrogens is 377 g/mol. The van der Waals surface area contributed by atoms with Gasteiger partial charge in [-0.1, -0.05) is 37.3 Å². The molecule has 0 aliphatic rings. The van der Waals surface area contributed by atoms with Gasteiger partial charge in [-0.05, 0) is 59.5 Å². The maximum Gasteiger partial charge on any atom is 0.416 e. The van der Waals surface area contributed by atoms with E-state index >= 15 is 0 Å². The molecule has 4 aromatic rings. The second-order valence-electron chi connectivity index (χ2n) is 6.74. The molecule has 0 atom stereocenters. The predicted molar refractivity (Wildman–Crippen MR) is 107 cm³/mol. The molecule has 0 fully saturated rings. The molecule has 3 aromatic carbocycles. The fourth-order valence-electron chi connectivity index (χ4n) is 3.30. The molecule has 0 aliphatic heterocycles. The van der Waals surface area contributed by atoms with E-state index in [-0.39, 0.29) is 6.61 Å². The van der Waals surface area contributed by atoms with Gasteiger partial charge in [0.25, 0.3) is 0 Å². The van der Waals surface area contributed by atoms with E-state index in [9.17, 15) is 13.2 Å². The molecule has 0 amide bonds. The summed E-state index contributed by atoms with van der Waals surface area (Å²) < 4.78 is 43.5. The monoisotopic (exact) mass is 396 g/mol. The number of nitrogens with zero attached hydrogens (tertiary/aromatic N) is 1. The van der Waals surface area contributed by atoms with Crippen LogP contribution >= 0.6 is 0 Å². The van der Waals surface area contributed by atoms with Crippen molar-refractivity contribution in [1.29, 1.82) is 0 Å². The second kappa shape index (κ2) is 7.62. The third kappa shape index (κ3) is 4.11. The van der Waals surface area contributed by atoms with Crippen LogP contribution in [0.4, 0.5) is 13.2 Å². The first kappa shape index (κ1) is 19.1. The lowest BCUT2D eigenvalue weighted by Crippen LogP contribution is -2.04. The molecule has 1 heterocycles. The first-order valence-electron chi connectivity index (χ1n) is 9.31. The number of hydrogen-bond donors (Lipinski definition) is 1. The van der Waals surface area contributed by atoms with Crippen LogP contribution in [0, 0.1) is 0 Å². The molecule has 0 saturated heterocycles. The van der Waals surface area contributed by atoms with Crippen molar-refractivity contribution in [1.82, 2.24) is 9.97 Å². The lowest BCUT2D eigenvalue weighted by Gasteiger charge is -2.08. The Morgan fingerprint density at radius 2 is 1.72 bits per heavy atom. The summed E-state index contributed by atoms with van der Waals surface area (Å²) in [5.74, 6) is 0.969. The summed E-state index contributed by atoms with van der Waals surface area (Å²) in [6.45, 7) is 2.27. The van der Waals surface area contributed by atoms with E-state index in [0.29, 0.717) is 11.6 Å². The van der Waals surface area contributed by atoms with Crippen LogP contribution in [0.3, 0.4) is 0 Å². The van der Waals surface area contributed by atoms with Crippen LogP contribution in [0.25, 0.3) is 22.2 Å². The van der Waals surface area contributed by atoms with Gasteiger partial charge in [0.2, 0.25) is 0 Å². The highest BCUT2D eigenvalue weighted by molar-refractivity contribution is 5.82. The van der Waals surface area contributed by atoms with Gasteiger partial charge in [-0.15, -0.1) is 0 Å². The summed E-state index contributed by atoms with van der Waals surface area (Å²) in [7, 11) is 0. The van der Waals surface area contributed by atoms with Crippen molar-refractivity contribution in [2.24, 2.45) is 0 Å². The van der Waals surface area contributed by atoms with Crippen LogP contribution in [0.5, 0.6) is 5.75 Å². The highest BCUT2D eigenvalue weighted by atomic mass is 19.4. The number of H-pyrrole nitrogens is 1. The molecule has 1 aromatic heterocycles. The lowest BCUT2D eigenvalue weighted by atomic mass is 9.98. The van der Waals surface area contributed by atoms with Crippen molar-refractivity contribution in [3.8, 4) is 16.9 Å². The molecule has 0 unspecified atom stereocenters. The number of fused-ring (bicyclic) bond motifs is 1. The number of aryl methyl sites for hydroxylation is 1. The van der Waals surface area contributed by atoms with Crippen LogP contribution in [0.1, 0.15) is 23.9 Å². The topological polar surface area (TPSA) is 37.9 Å². The van der Waals surface area contributed by atoms with Crippen LogP contribution < -0.4 is 4.74 Å². The van der Waals surface area contributed by atoms with Gasteiger partial charge in [-0.25, -0.2) is 4.98 Å². The number of hydrogen-bond acceptors (Lipinski definition) is 2. The summed E-state index contributed by atoms with van der Waals surface area (Å²) in [5, 5.41) is 0. The van der Waals surface area contributed by atoms with Crippen molar-refractivity contribution in [2.75, 3.05) is 0 Å². The minimum atomic E-state index is -4.36. The zero-order valence-corrected chi connectivity index (χ0v) is 15.8. The largest absolute Gasteiger partial charge is 0.486 e. The fraction of sp³-hybridized carbons (Fsp3) is 0.174. The molecule has 3 nitrogen and oxygen atoms in total. The molecule has 0 radical (unpaired) electrons. The van der Waals surface area contributed by atoms with Crippen LogP contribution in [0.2, 0.25) is 0 Å². The van der Waals surface area contributed by atoms with Gasteiger partial charge in [-0.2, -0.15) is 13.2 Å². The van der Waals surface area contributed by atoms with Gasteiger partial charge >= 0.3 is 6.18 Å². The summed E-state index contributed by atoms with van der Waals surface area (Å²) in [6, 6.07) is 19.0. The molecule has 148 valence electrons. The van der Waals surface area contributed by atoms with Gasteiger partial charge in [0.1, 0.15) is 18.2 Å². The van der Waals surface area contributed by atoms with E-state index < -0.39 is 11.7 Å². The number of benzene rings is 3. The Bertz CT molecular complexity index is 1130. The van der Waals surface area contributed by atoms with Crippen LogP contribution in [-0.2, 0) is 19.2 Å². The number of ether oxygens (including phenoxy) is 1. The van der Waals surface area contributed by atoms with E-state index in [1.807, 2.05) is 24.3 Å². The quantitative estimate of drug-likeness (QED) is 0.424.